The van der Waals surface area contributed by atoms with Crippen LogP contribution in [0.1, 0.15) is 28.6 Å². The molecule has 0 radical (unpaired) electrons. The van der Waals surface area contributed by atoms with E-state index in [-0.39, 0.29) is 24.6 Å². The van der Waals surface area contributed by atoms with E-state index in [0.29, 0.717) is 26.9 Å². The Morgan fingerprint density at radius 3 is 2.87 bits per heavy atom. The Balaban J connectivity index is 1.48. The van der Waals surface area contributed by atoms with Crippen LogP contribution in [0.25, 0.3) is 21.1 Å². The predicted octanol–water partition coefficient (Wildman–Crippen LogP) is 4.88. The van der Waals surface area contributed by atoms with Crippen molar-refractivity contribution in [3.05, 3.63) is 52.7 Å². The molecule has 0 fully saturated rings. The highest BCUT2D eigenvalue weighted by Gasteiger charge is 2.32. The molecule has 2 aliphatic rings. The van der Waals surface area contributed by atoms with E-state index >= 15 is 0 Å². The fourth-order valence-corrected chi connectivity index (χ4v) is 5.41. The zero-order valence-corrected chi connectivity index (χ0v) is 17.5. The van der Waals surface area contributed by atoms with E-state index in [2.05, 4.69) is 0 Å². The molecule has 0 saturated heterocycles. The number of benzene rings is 2. The number of ether oxygens (including phenoxy) is 2. The fraction of sp³-hybridized carbons (Fsp3) is 0.217. The molecule has 2 aliphatic heterocycles. The molecule has 4 heterocycles. The van der Waals surface area contributed by atoms with Crippen molar-refractivity contribution in [2.75, 3.05) is 17.4 Å². The van der Waals surface area contributed by atoms with Crippen molar-refractivity contribution in [1.29, 1.82) is 0 Å². The summed E-state index contributed by atoms with van der Waals surface area (Å²) in [6, 6.07) is 10.2. The minimum Gasteiger partial charge on any atom is -0.454 e. The number of carbonyl (C=O) groups is 1. The molecular formula is C23H18FN3O3S. The second-order valence-corrected chi connectivity index (χ2v) is 8.92. The number of carbonyl (C=O) groups excluding carboxylic acids is 1. The van der Waals surface area contributed by atoms with Crippen molar-refractivity contribution in [3.8, 4) is 11.5 Å². The van der Waals surface area contributed by atoms with E-state index in [1.807, 2.05) is 25.1 Å². The Labute approximate surface area is 181 Å². The van der Waals surface area contributed by atoms with E-state index < -0.39 is 0 Å². The van der Waals surface area contributed by atoms with Gasteiger partial charge in [-0.2, -0.15) is 0 Å². The molecule has 2 aromatic heterocycles. The van der Waals surface area contributed by atoms with Gasteiger partial charge in [-0.25, -0.2) is 9.37 Å². The summed E-state index contributed by atoms with van der Waals surface area (Å²) in [5.41, 5.74) is 9.20. The first-order valence-electron chi connectivity index (χ1n) is 10.0. The lowest BCUT2D eigenvalue weighted by molar-refractivity contribution is 0.0980. The zero-order chi connectivity index (χ0) is 21.3. The Bertz CT molecular complexity index is 1400. The summed E-state index contributed by atoms with van der Waals surface area (Å²) >= 11 is 1.28. The normalized spacial score (nSPS) is 17.4. The van der Waals surface area contributed by atoms with Crippen molar-refractivity contribution in [1.82, 2.24) is 4.98 Å². The molecule has 1 amide bonds. The third-order valence-electron chi connectivity index (χ3n) is 5.99. The van der Waals surface area contributed by atoms with E-state index in [1.54, 1.807) is 11.0 Å². The van der Waals surface area contributed by atoms with Crippen molar-refractivity contribution in [2.45, 2.75) is 25.8 Å². The number of aryl methyl sites for hydroxylation is 1. The fourth-order valence-electron chi connectivity index (χ4n) is 4.39. The third-order valence-corrected chi connectivity index (χ3v) is 7.10. The van der Waals surface area contributed by atoms with Crippen LogP contribution in [0.4, 0.5) is 15.8 Å². The van der Waals surface area contributed by atoms with Crippen molar-refractivity contribution in [2.24, 2.45) is 0 Å². The molecule has 2 aromatic carbocycles. The Morgan fingerprint density at radius 1 is 1.23 bits per heavy atom. The van der Waals surface area contributed by atoms with E-state index in [0.717, 1.165) is 40.4 Å². The first-order valence-corrected chi connectivity index (χ1v) is 10.9. The summed E-state index contributed by atoms with van der Waals surface area (Å²) in [7, 11) is 0. The molecule has 1 atom stereocenters. The number of fused-ring (bicyclic) bond motifs is 4. The minimum atomic E-state index is -0.294. The lowest BCUT2D eigenvalue weighted by Crippen LogP contribution is -2.42. The first kappa shape index (κ1) is 18.4. The number of pyridine rings is 1. The molecule has 156 valence electrons. The second kappa shape index (κ2) is 6.55. The number of hydrogen-bond donors (Lipinski definition) is 1. The molecule has 0 saturated carbocycles. The third kappa shape index (κ3) is 2.75. The molecule has 0 bridgehead atoms. The van der Waals surface area contributed by atoms with E-state index in [9.17, 15) is 9.18 Å². The van der Waals surface area contributed by atoms with E-state index in [1.165, 1.54) is 23.5 Å². The van der Waals surface area contributed by atoms with Gasteiger partial charge < -0.3 is 20.1 Å². The van der Waals surface area contributed by atoms with Crippen LogP contribution in [0.3, 0.4) is 0 Å². The molecule has 6 rings (SSSR count). The highest BCUT2D eigenvalue weighted by atomic mass is 32.1. The van der Waals surface area contributed by atoms with Gasteiger partial charge in [0.05, 0.1) is 11.2 Å². The molecule has 0 aliphatic carbocycles. The van der Waals surface area contributed by atoms with E-state index in [4.69, 9.17) is 20.2 Å². The number of hydrogen-bond acceptors (Lipinski definition) is 6. The van der Waals surface area contributed by atoms with Crippen molar-refractivity contribution >= 4 is 49.7 Å². The Morgan fingerprint density at radius 2 is 2.03 bits per heavy atom. The smallest absolute Gasteiger partial charge is 0.270 e. The molecule has 8 heteroatoms. The summed E-state index contributed by atoms with van der Waals surface area (Å²) in [4.78, 5) is 21.2. The number of anilines is 2. The Hall–Kier alpha value is -3.39. The average molecular weight is 435 g/mol. The quantitative estimate of drug-likeness (QED) is 0.461. The predicted molar refractivity (Wildman–Crippen MR) is 119 cm³/mol. The molecule has 0 spiro atoms. The summed E-state index contributed by atoms with van der Waals surface area (Å²) in [6.07, 6.45) is 1.50. The number of rotatable bonds is 1. The number of aromatic nitrogens is 1. The maximum atomic E-state index is 13.7. The van der Waals surface area contributed by atoms with Crippen LogP contribution in [0, 0.1) is 5.82 Å². The monoisotopic (exact) mass is 435 g/mol. The van der Waals surface area contributed by atoms with Gasteiger partial charge in [0.25, 0.3) is 5.91 Å². The van der Waals surface area contributed by atoms with Crippen LogP contribution in [0.2, 0.25) is 0 Å². The van der Waals surface area contributed by atoms with Gasteiger partial charge in [0, 0.05) is 28.6 Å². The number of amides is 1. The van der Waals surface area contributed by atoms with Gasteiger partial charge in [-0.3, -0.25) is 4.79 Å². The van der Waals surface area contributed by atoms with Gasteiger partial charge >= 0.3 is 0 Å². The molecule has 4 aromatic rings. The highest BCUT2D eigenvalue weighted by Crippen LogP contribution is 2.41. The summed E-state index contributed by atoms with van der Waals surface area (Å²) in [6.45, 7) is 2.20. The molecule has 31 heavy (non-hydrogen) atoms. The van der Waals surface area contributed by atoms with Crippen molar-refractivity contribution < 1.29 is 18.7 Å². The lowest BCUT2D eigenvalue weighted by Gasteiger charge is -2.35. The van der Waals surface area contributed by atoms with Gasteiger partial charge in [0.1, 0.15) is 15.5 Å². The maximum absolute atomic E-state index is 13.7. The summed E-state index contributed by atoms with van der Waals surface area (Å²) in [5, 5.41) is 1.61. The van der Waals surface area contributed by atoms with Crippen LogP contribution in [0.15, 0.2) is 36.4 Å². The van der Waals surface area contributed by atoms with Gasteiger partial charge in [0.15, 0.2) is 11.5 Å². The zero-order valence-electron chi connectivity index (χ0n) is 16.6. The van der Waals surface area contributed by atoms with Gasteiger partial charge in [-0.1, -0.05) is 0 Å². The largest absolute Gasteiger partial charge is 0.454 e. The van der Waals surface area contributed by atoms with Crippen LogP contribution in [-0.4, -0.2) is 23.7 Å². The van der Waals surface area contributed by atoms with Gasteiger partial charge in [-0.05, 0) is 55.7 Å². The number of thiophene rings is 1. The van der Waals surface area contributed by atoms with Crippen LogP contribution in [0.5, 0.6) is 11.5 Å². The Kier molecular flexibility index (Phi) is 3.89. The molecule has 0 unspecified atom stereocenters. The second-order valence-electron chi connectivity index (χ2n) is 7.92. The molecule has 2 N–H and O–H groups in total. The minimum absolute atomic E-state index is 0.0145. The summed E-state index contributed by atoms with van der Waals surface area (Å²) < 4.78 is 24.6. The summed E-state index contributed by atoms with van der Waals surface area (Å²) in [5.74, 6) is 0.854. The molecule has 6 nitrogen and oxygen atoms in total. The molecular weight excluding hydrogens is 417 g/mol. The number of halogens is 1. The number of nitrogen functional groups attached to an aromatic ring is 1. The first-order chi connectivity index (χ1) is 15.0. The number of nitrogens with zero attached hydrogens (tertiary/aromatic N) is 2. The standard InChI is InChI=1S/C23H18FN3O3S/c1-11-2-3-12-6-14(24)4-5-17(12)27(11)23(28)21-20(25)15-7-13-8-18-19(30-10-29-18)9-16(13)26-22(15)31-21/h4-9,11H,2-3,10,25H2,1H3/t11-/m1/s1. The van der Waals surface area contributed by atoms with Gasteiger partial charge in [-0.15, -0.1) is 11.3 Å². The van der Waals surface area contributed by atoms with Crippen LogP contribution < -0.4 is 20.1 Å². The van der Waals surface area contributed by atoms with Crippen LogP contribution in [-0.2, 0) is 6.42 Å². The van der Waals surface area contributed by atoms with Crippen molar-refractivity contribution in [3.63, 3.8) is 0 Å². The van der Waals surface area contributed by atoms with Gasteiger partial charge in [0.2, 0.25) is 6.79 Å². The number of nitrogens with two attached hydrogens (primary N) is 1. The average Bonchev–Trinajstić information content (AvgIpc) is 3.34. The van der Waals surface area contributed by atoms with Crippen LogP contribution >= 0.6 is 11.3 Å². The maximum Gasteiger partial charge on any atom is 0.270 e. The highest BCUT2D eigenvalue weighted by molar-refractivity contribution is 7.21. The SMILES string of the molecule is C[C@@H]1CCc2cc(F)ccc2N1C(=O)c1sc2nc3cc4c(cc3cc2c1N)OCO4. The topological polar surface area (TPSA) is 77.7 Å². The lowest BCUT2D eigenvalue weighted by atomic mass is 9.96.